The first-order chi connectivity index (χ1) is 24.4. The van der Waals surface area contributed by atoms with Crippen LogP contribution in [0, 0.1) is 0 Å². The van der Waals surface area contributed by atoms with Crippen LogP contribution in [0.15, 0.2) is 103 Å². The van der Waals surface area contributed by atoms with Gasteiger partial charge in [-0.2, -0.15) is 0 Å². The molecule has 1 aliphatic rings. The topological polar surface area (TPSA) is 135 Å². The van der Waals surface area contributed by atoms with Gasteiger partial charge in [0, 0.05) is 31.4 Å². The molecule has 0 radical (unpaired) electrons. The van der Waals surface area contributed by atoms with Crippen LogP contribution >= 0.6 is 0 Å². The molecule has 51 heavy (non-hydrogen) atoms. The molecule has 4 aromatic carbocycles. The van der Waals surface area contributed by atoms with Crippen LogP contribution in [0.4, 0.5) is 10.5 Å². The molecule has 0 unspecified atom stereocenters. The van der Waals surface area contributed by atoms with Crippen molar-refractivity contribution < 1.29 is 38.5 Å². The lowest BCUT2D eigenvalue weighted by Crippen LogP contribution is -2.51. The molecule has 1 aliphatic heterocycles. The minimum Gasteiger partial charge on any atom is -0.508 e. The average molecular weight is 694 g/mol. The molecule has 0 bridgehead atoms. The maximum Gasteiger partial charge on any atom is 0.410 e. The van der Waals surface area contributed by atoms with Gasteiger partial charge in [0.2, 0.25) is 0 Å². The summed E-state index contributed by atoms with van der Waals surface area (Å²) >= 11 is 0. The fraction of sp³-hybridized carbons (Fsp3) is 0.300. The molecule has 0 saturated carbocycles. The number of phenolic OH excluding ortho intramolecular Hbond substituents is 1. The number of hydrogen-bond acceptors (Lipinski definition) is 8. The quantitative estimate of drug-likeness (QED) is 0.187. The Hall–Kier alpha value is -5.84. The van der Waals surface area contributed by atoms with E-state index in [0.717, 1.165) is 5.56 Å². The van der Waals surface area contributed by atoms with Gasteiger partial charge in [0.25, 0.3) is 11.8 Å². The molecule has 1 heterocycles. The van der Waals surface area contributed by atoms with Crippen LogP contribution in [-0.4, -0.2) is 71.8 Å². The molecule has 0 spiro atoms. The number of carbonyl (C=O) groups excluding carboxylic acids is 4. The van der Waals surface area contributed by atoms with Gasteiger partial charge in [-0.25, -0.2) is 9.59 Å². The van der Waals surface area contributed by atoms with Crippen LogP contribution < -0.4 is 15.0 Å². The Morgan fingerprint density at radius 3 is 2.20 bits per heavy atom. The first kappa shape index (κ1) is 36.4. The summed E-state index contributed by atoms with van der Waals surface area (Å²) in [5, 5.41) is 12.6. The highest BCUT2D eigenvalue weighted by atomic mass is 16.6. The summed E-state index contributed by atoms with van der Waals surface area (Å²) in [6.45, 7) is 6.04. The number of nitrogens with zero attached hydrogens (tertiary/aromatic N) is 2. The number of ether oxygens (including phenoxy) is 3. The second-order valence-corrected chi connectivity index (χ2v) is 13.3. The third-order valence-electron chi connectivity index (χ3n) is 8.29. The molecule has 1 saturated heterocycles. The van der Waals surface area contributed by atoms with E-state index in [1.807, 2.05) is 36.4 Å². The molecular weight excluding hydrogens is 650 g/mol. The summed E-state index contributed by atoms with van der Waals surface area (Å²) in [5.74, 6) is -0.873. The number of rotatable bonds is 9. The SMILES string of the molecule is CN(C(=O)c1ccccc1OCc1ccccc1)c1ccc(C(=O)O[C@@H]2CCCN(C(=O)OC(C)(C)C)C[C@H]2NC(=O)c2ccc(O)cc2)cc1. The number of aromatic hydroxyl groups is 1. The van der Waals surface area contributed by atoms with Crippen LogP contribution in [0.25, 0.3) is 0 Å². The molecule has 2 atom stereocenters. The van der Waals surface area contributed by atoms with Gasteiger partial charge in [-0.3, -0.25) is 9.59 Å². The van der Waals surface area contributed by atoms with Crippen LogP contribution in [0.3, 0.4) is 0 Å². The largest absolute Gasteiger partial charge is 0.508 e. The third-order valence-corrected chi connectivity index (χ3v) is 8.29. The van der Waals surface area contributed by atoms with E-state index < -0.39 is 35.7 Å². The number of hydrogen-bond donors (Lipinski definition) is 2. The smallest absolute Gasteiger partial charge is 0.410 e. The summed E-state index contributed by atoms with van der Waals surface area (Å²) in [5.41, 5.74) is 1.76. The zero-order valence-corrected chi connectivity index (χ0v) is 29.2. The fourth-order valence-electron chi connectivity index (χ4n) is 5.60. The van der Waals surface area contributed by atoms with Gasteiger partial charge in [0.15, 0.2) is 0 Å². The molecule has 0 aromatic heterocycles. The molecule has 266 valence electrons. The number of esters is 1. The maximum atomic E-state index is 13.6. The Morgan fingerprint density at radius 2 is 1.51 bits per heavy atom. The summed E-state index contributed by atoms with van der Waals surface area (Å²) in [7, 11) is 1.65. The average Bonchev–Trinajstić information content (AvgIpc) is 3.32. The number of para-hydroxylation sites is 1. The normalized spacial score (nSPS) is 16.0. The highest BCUT2D eigenvalue weighted by molar-refractivity contribution is 6.07. The predicted octanol–water partition coefficient (Wildman–Crippen LogP) is 6.60. The zero-order valence-electron chi connectivity index (χ0n) is 29.2. The van der Waals surface area contributed by atoms with Crippen LogP contribution in [0.1, 0.15) is 70.3 Å². The van der Waals surface area contributed by atoms with Gasteiger partial charge < -0.3 is 34.4 Å². The van der Waals surface area contributed by atoms with Crippen molar-refractivity contribution in [3.63, 3.8) is 0 Å². The molecule has 1 fully saturated rings. The fourth-order valence-corrected chi connectivity index (χ4v) is 5.60. The molecule has 11 nitrogen and oxygen atoms in total. The van der Waals surface area contributed by atoms with Gasteiger partial charge in [-0.1, -0.05) is 42.5 Å². The highest BCUT2D eigenvalue weighted by Gasteiger charge is 2.35. The summed E-state index contributed by atoms with van der Waals surface area (Å²) in [6, 6.07) is 28.2. The van der Waals surface area contributed by atoms with Gasteiger partial charge in [-0.05, 0) is 99.8 Å². The number of nitrogens with one attached hydrogen (secondary N) is 1. The number of anilines is 1. The summed E-state index contributed by atoms with van der Waals surface area (Å²) < 4.78 is 17.6. The Morgan fingerprint density at radius 1 is 0.863 bits per heavy atom. The van der Waals surface area contributed by atoms with E-state index in [1.54, 1.807) is 70.3 Å². The standard InChI is InChI=1S/C40H43N3O8/c1-40(2,3)51-39(48)43-24-10-15-35(33(25-43)41-36(45)28-18-22-31(44)23-19-28)50-38(47)29-16-20-30(21-17-29)42(4)37(46)32-13-8-9-14-34(32)49-26-27-11-6-5-7-12-27/h5-9,11-14,16-23,33,35,44H,10,15,24-26H2,1-4H3,(H,41,45)/t33-,35-/m1/s1. The number of phenols is 1. The summed E-state index contributed by atoms with van der Waals surface area (Å²) in [4.78, 5) is 56.2. The van der Waals surface area contributed by atoms with E-state index in [1.165, 1.54) is 34.1 Å². The van der Waals surface area contributed by atoms with Gasteiger partial charge in [0.1, 0.15) is 29.8 Å². The second kappa shape index (κ2) is 16.2. The van der Waals surface area contributed by atoms with Crippen molar-refractivity contribution in [1.29, 1.82) is 0 Å². The Labute approximate surface area is 297 Å². The molecule has 5 rings (SSSR count). The monoisotopic (exact) mass is 693 g/mol. The van der Waals surface area contributed by atoms with Crippen molar-refractivity contribution >= 4 is 29.6 Å². The van der Waals surface area contributed by atoms with Crippen molar-refractivity contribution in [1.82, 2.24) is 10.2 Å². The first-order valence-electron chi connectivity index (χ1n) is 16.8. The van der Waals surface area contributed by atoms with Gasteiger partial charge in [0.05, 0.1) is 17.2 Å². The molecule has 2 N–H and O–H groups in total. The van der Waals surface area contributed by atoms with E-state index in [0.29, 0.717) is 48.6 Å². The van der Waals surface area contributed by atoms with Gasteiger partial charge in [-0.15, -0.1) is 0 Å². The lowest BCUT2D eigenvalue weighted by Gasteiger charge is -2.30. The zero-order chi connectivity index (χ0) is 36.5. The minimum absolute atomic E-state index is 0.0168. The van der Waals surface area contributed by atoms with E-state index in [2.05, 4.69) is 5.32 Å². The van der Waals surface area contributed by atoms with Crippen molar-refractivity contribution in [2.24, 2.45) is 0 Å². The molecule has 3 amide bonds. The number of carbonyl (C=O) groups is 4. The third kappa shape index (κ3) is 9.87. The van der Waals surface area contributed by atoms with Gasteiger partial charge >= 0.3 is 12.1 Å². The van der Waals surface area contributed by atoms with Crippen molar-refractivity contribution in [2.45, 2.75) is 58.0 Å². The number of benzene rings is 4. The van der Waals surface area contributed by atoms with E-state index >= 15 is 0 Å². The number of amides is 3. The minimum atomic E-state index is -0.762. The Kier molecular flexibility index (Phi) is 11.6. The molecule has 0 aliphatic carbocycles. The first-order valence-corrected chi connectivity index (χ1v) is 16.8. The van der Waals surface area contributed by atoms with E-state index in [-0.39, 0.29) is 23.8 Å². The van der Waals surface area contributed by atoms with E-state index in [4.69, 9.17) is 14.2 Å². The van der Waals surface area contributed by atoms with Crippen molar-refractivity contribution in [2.75, 3.05) is 25.0 Å². The van der Waals surface area contributed by atoms with Crippen molar-refractivity contribution in [3.8, 4) is 11.5 Å². The Balaban J connectivity index is 1.28. The maximum absolute atomic E-state index is 13.6. The Bertz CT molecular complexity index is 1820. The lowest BCUT2D eigenvalue weighted by molar-refractivity contribution is 0.0127. The molecular formula is C40H43N3O8. The van der Waals surface area contributed by atoms with E-state index in [9.17, 15) is 24.3 Å². The molecule has 4 aromatic rings. The van der Waals surface area contributed by atoms with Crippen LogP contribution in [-0.2, 0) is 16.1 Å². The molecule has 11 heteroatoms. The predicted molar refractivity (Wildman–Crippen MR) is 192 cm³/mol. The summed E-state index contributed by atoms with van der Waals surface area (Å²) in [6.07, 6.45) is -0.405. The van der Waals surface area contributed by atoms with Crippen molar-refractivity contribution in [3.05, 3.63) is 125 Å². The highest BCUT2D eigenvalue weighted by Crippen LogP contribution is 2.25. The number of likely N-dealkylation sites (tertiary alicyclic amines) is 1. The lowest BCUT2D eigenvalue weighted by atomic mass is 10.1. The second-order valence-electron chi connectivity index (χ2n) is 13.3. The van der Waals surface area contributed by atoms with Crippen LogP contribution in [0.2, 0.25) is 0 Å². The van der Waals surface area contributed by atoms with Crippen LogP contribution in [0.5, 0.6) is 11.5 Å².